The van der Waals surface area contributed by atoms with E-state index in [1.807, 2.05) is 36.7 Å². The van der Waals surface area contributed by atoms with Gasteiger partial charge in [-0.3, -0.25) is 4.79 Å². The molecular weight excluding hydrogens is 254 g/mol. The van der Waals surface area contributed by atoms with Crippen molar-refractivity contribution in [1.29, 1.82) is 0 Å². The predicted octanol–water partition coefficient (Wildman–Crippen LogP) is 2.92. The van der Waals surface area contributed by atoms with Gasteiger partial charge in [-0.2, -0.15) is 0 Å². The molecule has 20 heavy (non-hydrogen) atoms. The number of aromatic nitrogens is 1. The van der Waals surface area contributed by atoms with Crippen LogP contribution in [0.4, 0.5) is 0 Å². The summed E-state index contributed by atoms with van der Waals surface area (Å²) in [5, 5.41) is 0. The lowest BCUT2D eigenvalue weighted by molar-refractivity contribution is 0.0933. The largest absolute Gasteiger partial charge is 0.493 e. The van der Waals surface area contributed by atoms with Gasteiger partial charge in [0.25, 0.3) is 0 Å². The summed E-state index contributed by atoms with van der Waals surface area (Å²) in [6.07, 6.45) is 5.48. The minimum Gasteiger partial charge on any atom is -0.493 e. The van der Waals surface area contributed by atoms with Crippen LogP contribution in [0.2, 0.25) is 0 Å². The molecule has 0 unspecified atom stereocenters. The second-order valence-corrected chi connectivity index (χ2v) is 4.80. The monoisotopic (exact) mass is 271 g/mol. The Kier molecular flexibility index (Phi) is 3.72. The van der Waals surface area contributed by atoms with Crippen molar-refractivity contribution in [3.05, 3.63) is 48.3 Å². The third kappa shape index (κ3) is 2.85. The van der Waals surface area contributed by atoms with Gasteiger partial charge in [-0.05, 0) is 30.7 Å². The molecule has 104 valence electrons. The van der Waals surface area contributed by atoms with Gasteiger partial charge in [0.2, 0.25) is 0 Å². The fraction of sp³-hybridized carbons (Fsp3) is 0.312. The molecule has 4 heteroatoms. The van der Waals surface area contributed by atoms with Crippen molar-refractivity contribution in [2.24, 2.45) is 0 Å². The lowest BCUT2D eigenvalue weighted by atomic mass is 10.1. The number of Topliss-reactive ketones (excluding diaryl/α,β-unsaturated/α-hetero) is 1. The highest BCUT2D eigenvalue weighted by molar-refractivity contribution is 5.99. The van der Waals surface area contributed by atoms with Gasteiger partial charge in [0.05, 0.1) is 18.8 Å². The van der Waals surface area contributed by atoms with Gasteiger partial charge < -0.3 is 14.0 Å². The summed E-state index contributed by atoms with van der Waals surface area (Å²) in [7, 11) is 0. The molecule has 1 aliphatic heterocycles. The molecule has 0 saturated carbocycles. The first-order valence-electron chi connectivity index (χ1n) is 6.86. The maximum atomic E-state index is 11.7. The topological polar surface area (TPSA) is 40.5 Å². The second kappa shape index (κ2) is 5.82. The van der Waals surface area contributed by atoms with Crippen molar-refractivity contribution in [3.8, 4) is 11.5 Å². The number of nitrogens with zero attached hydrogens (tertiary/aromatic N) is 1. The summed E-state index contributed by atoms with van der Waals surface area (Å²) < 4.78 is 13.3. The normalized spacial score (nSPS) is 13.7. The molecule has 0 radical (unpaired) electrons. The predicted molar refractivity (Wildman–Crippen MR) is 75.4 cm³/mol. The number of hydrogen-bond donors (Lipinski definition) is 0. The Morgan fingerprint density at radius 2 is 2.10 bits per heavy atom. The molecule has 0 spiro atoms. The number of hydrogen-bond acceptors (Lipinski definition) is 3. The standard InChI is InChI=1S/C16H17NO3/c18-15-6-11-20-16-12-13(4-5-14(15)16)19-10-3-9-17-7-1-2-8-17/h1-2,4-5,7-8,12H,3,6,9-11H2. The SMILES string of the molecule is O=C1CCOc2cc(OCCCn3cccc3)ccc21. The molecule has 3 rings (SSSR count). The molecule has 1 aromatic carbocycles. The summed E-state index contributed by atoms with van der Waals surface area (Å²) in [6, 6.07) is 9.46. The number of ketones is 1. The van der Waals surface area contributed by atoms with Gasteiger partial charge in [0, 0.05) is 31.4 Å². The van der Waals surface area contributed by atoms with Gasteiger partial charge in [0.1, 0.15) is 11.5 Å². The molecule has 0 saturated heterocycles. The average molecular weight is 271 g/mol. The summed E-state index contributed by atoms with van der Waals surface area (Å²) >= 11 is 0. The highest BCUT2D eigenvalue weighted by atomic mass is 16.5. The quantitative estimate of drug-likeness (QED) is 0.785. The summed E-state index contributed by atoms with van der Waals surface area (Å²) in [6.45, 7) is 2.04. The molecule has 1 aromatic heterocycles. The molecule has 0 atom stereocenters. The van der Waals surface area contributed by atoms with Crippen LogP contribution >= 0.6 is 0 Å². The second-order valence-electron chi connectivity index (χ2n) is 4.80. The van der Waals surface area contributed by atoms with Gasteiger partial charge in [-0.1, -0.05) is 0 Å². The summed E-state index contributed by atoms with van der Waals surface area (Å²) in [5.74, 6) is 1.54. The van der Waals surface area contributed by atoms with Crippen molar-refractivity contribution in [1.82, 2.24) is 4.57 Å². The Morgan fingerprint density at radius 1 is 1.25 bits per heavy atom. The van der Waals surface area contributed by atoms with Crippen LogP contribution in [-0.2, 0) is 6.54 Å². The van der Waals surface area contributed by atoms with E-state index >= 15 is 0 Å². The third-order valence-corrected chi connectivity index (χ3v) is 3.34. The first-order chi connectivity index (χ1) is 9.83. The number of fused-ring (bicyclic) bond motifs is 1. The van der Waals surface area contributed by atoms with Crippen LogP contribution in [0.1, 0.15) is 23.2 Å². The van der Waals surface area contributed by atoms with Crippen molar-refractivity contribution in [3.63, 3.8) is 0 Å². The van der Waals surface area contributed by atoms with E-state index in [2.05, 4.69) is 4.57 Å². The van der Waals surface area contributed by atoms with Crippen LogP contribution in [0.3, 0.4) is 0 Å². The lowest BCUT2D eigenvalue weighted by Crippen LogP contribution is -2.15. The third-order valence-electron chi connectivity index (χ3n) is 3.34. The van der Waals surface area contributed by atoms with Crippen molar-refractivity contribution < 1.29 is 14.3 Å². The lowest BCUT2D eigenvalue weighted by Gasteiger charge is -2.17. The smallest absolute Gasteiger partial charge is 0.169 e. The summed E-state index contributed by atoms with van der Waals surface area (Å²) in [5.41, 5.74) is 0.663. The van der Waals surface area contributed by atoms with Crippen LogP contribution < -0.4 is 9.47 Å². The Hall–Kier alpha value is -2.23. The maximum absolute atomic E-state index is 11.7. The van der Waals surface area contributed by atoms with E-state index in [-0.39, 0.29) is 5.78 Å². The Bertz CT molecular complexity index is 590. The van der Waals surface area contributed by atoms with E-state index in [1.54, 1.807) is 6.07 Å². The zero-order valence-corrected chi connectivity index (χ0v) is 11.2. The summed E-state index contributed by atoms with van der Waals surface area (Å²) in [4.78, 5) is 11.7. The molecule has 1 aliphatic rings. The molecule has 0 N–H and O–H groups in total. The first kappa shape index (κ1) is 12.8. The number of benzene rings is 1. The van der Waals surface area contributed by atoms with E-state index < -0.39 is 0 Å². The number of carbonyl (C=O) groups excluding carboxylic acids is 1. The maximum Gasteiger partial charge on any atom is 0.169 e. The van der Waals surface area contributed by atoms with Crippen molar-refractivity contribution >= 4 is 5.78 Å². The van der Waals surface area contributed by atoms with Gasteiger partial charge in [-0.25, -0.2) is 0 Å². The van der Waals surface area contributed by atoms with Gasteiger partial charge >= 0.3 is 0 Å². The molecule has 4 nitrogen and oxygen atoms in total. The molecule has 2 aromatic rings. The van der Waals surface area contributed by atoms with Gasteiger partial charge in [-0.15, -0.1) is 0 Å². The van der Waals surface area contributed by atoms with Crippen LogP contribution in [0.15, 0.2) is 42.7 Å². The molecule has 2 heterocycles. The fourth-order valence-corrected chi connectivity index (χ4v) is 2.29. The highest BCUT2D eigenvalue weighted by Crippen LogP contribution is 2.29. The number of carbonyl (C=O) groups is 1. The number of aryl methyl sites for hydroxylation is 1. The Labute approximate surface area is 117 Å². The van der Waals surface area contributed by atoms with E-state index in [1.165, 1.54) is 0 Å². The molecule has 0 bridgehead atoms. The van der Waals surface area contributed by atoms with Crippen LogP contribution in [-0.4, -0.2) is 23.6 Å². The van der Waals surface area contributed by atoms with E-state index in [9.17, 15) is 4.79 Å². The molecule has 0 fully saturated rings. The Balaban J connectivity index is 1.54. The molecule has 0 aliphatic carbocycles. The Morgan fingerprint density at radius 3 is 2.95 bits per heavy atom. The molecule has 0 amide bonds. The van der Waals surface area contributed by atoms with E-state index in [0.717, 1.165) is 18.7 Å². The minimum atomic E-state index is 0.144. The first-order valence-corrected chi connectivity index (χ1v) is 6.86. The average Bonchev–Trinajstić information content (AvgIpc) is 2.97. The van der Waals surface area contributed by atoms with E-state index in [4.69, 9.17) is 9.47 Å². The zero-order valence-electron chi connectivity index (χ0n) is 11.2. The fourth-order valence-electron chi connectivity index (χ4n) is 2.29. The van der Waals surface area contributed by atoms with E-state index in [0.29, 0.717) is 30.9 Å². The van der Waals surface area contributed by atoms with Crippen molar-refractivity contribution in [2.45, 2.75) is 19.4 Å². The number of rotatable bonds is 5. The number of ether oxygens (including phenoxy) is 2. The van der Waals surface area contributed by atoms with Gasteiger partial charge in [0.15, 0.2) is 5.78 Å². The minimum absolute atomic E-state index is 0.144. The highest BCUT2D eigenvalue weighted by Gasteiger charge is 2.18. The van der Waals surface area contributed by atoms with Crippen molar-refractivity contribution in [2.75, 3.05) is 13.2 Å². The van der Waals surface area contributed by atoms with Crippen LogP contribution in [0.25, 0.3) is 0 Å². The van der Waals surface area contributed by atoms with Crippen LogP contribution in [0.5, 0.6) is 11.5 Å². The van der Waals surface area contributed by atoms with Crippen LogP contribution in [0, 0.1) is 0 Å². The zero-order chi connectivity index (χ0) is 13.8. The molecular formula is C16H17NO3.